The number of halogens is 1. The summed E-state index contributed by atoms with van der Waals surface area (Å²) in [6.45, 7) is 0. The quantitative estimate of drug-likeness (QED) is 0.208. The van der Waals surface area contributed by atoms with Gasteiger partial charge in [0.1, 0.15) is 20.6 Å². The van der Waals surface area contributed by atoms with E-state index in [4.69, 9.17) is 36.8 Å². The normalized spacial score (nSPS) is 11.1. The van der Waals surface area contributed by atoms with Crippen LogP contribution in [-0.2, 0) is 20.0 Å². The second-order valence-corrected chi connectivity index (χ2v) is 10.7. The fraction of sp³-hybridized carbons (Fsp3) is 0. The second kappa shape index (κ2) is 12.0. The Morgan fingerprint density at radius 1 is 0.775 bits per heavy atom. The number of aromatic carboxylic acids is 2. The molecule has 0 aliphatic rings. The number of carboxylic acid groups (broad SMARTS) is 2. The van der Waals surface area contributed by atoms with Crippen molar-refractivity contribution in [1.82, 2.24) is 0 Å². The fourth-order valence-electron chi connectivity index (χ4n) is 2.81. The summed E-state index contributed by atoms with van der Waals surface area (Å²) in [6, 6.07) is 10.4. The first kappa shape index (κ1) is 31.5. The largest absolute Gasteiger partial charge is 0.478 e. The zero-order valence-electron chi connectivity index (χ0n) is 19.3. The summed E-state index contributed by atoms with van der Waals surface area (Å²) in [7, 11) is -8.80. The summed E-state index contributed by atoms with van der Waals surface area (Å²) in [4.78, 5) is 39.9. The highest BCUT2D eigenvalue weighted by Gasteiger charge is 2.29. The molecular weight excluding hydrogens is 604 g/mol. The van der Waals surface area contributed by atoms with Gasteiger partial charge < -0.3 is 14.9 Å². The van der Waals surface area contributed by atoms with Crippen LogP contribution in [-0.4, -0.2) is 48.8 Å². The number of sulfonamides is 2. The first-order valence-electron chi connectivity index (χ1n) is 9.90. The highest BCUT2D eigenvalue weighted by molar-refractivity contribution is 7.89. The number of hydrogen-bond donors (Lipinski definition) is 4. The summed E-state index contributed by atoms with van der Waals surface area (Å²) < 4.78 is 50.8. The fourth-order valence-corrected chi connectivity index (χ4v) is 4.66. The average Bonchev–Trinajstić information content (AvgIpc) is 2.83. The number of benzene rings is 3. The molecule has 40 heavy (non-hydrogen) atoms. The number of para-hydroxylation sites is 1. The lowest BCUT2D eigenvalue weighted by Crippen LogP contribution is -2.15. The number of rotatable bonds is 8. The van der Waals surface area contributed by atoms with E-state index in [1.54, 1.807) is 18.2 Å². The van der Waals surface area contributed by atoms with Gasteiger partial charge in [-0.2, -0.15) is 0 Å². The minimum absolute atomic E-state index is 0.128. The van der Waals surface area contributed by atoms with Gasteiger partial charge in [-0.05, 0) is 24.3 Å². The van der Waals surface area contributed by atoms with Crippen LogP contribution in [0.15, 0.2) is 64.4 Å². The van der Waals surface area contributed by atoms with E-state index in [1.165, 1.54) is 12.1 Å². The Bertz CT molecular complexity index is 1750. The van der Waals surface area contributed by atoms with Crippen molar-refractivity contribution in [3.05, 3.63) is 91.0 Å². The molecule has 6 N–H and O–H groups in total. The lowest BCUT2D eigenvalue weighted by Gasteiger charge is -2.11. The van der Waals surface area contributed by atoms with Crippen LogP contribution >= 0.6 is 11.6 Å². The number of nitrogens with zero attached hydrogens (tertiary/aromatic N) is 2. The number of nitrogens with two attached hydrogens (primary N) is 2. The number of carbonyl (C=O) groups is 2. The predicted octanol–water partition coefficient (Wildman–Crippen LogP) is 2.33. The molecule has 0 amide bonds. The smallest absolute Gasteiger partial charge is 0.335 e. The maximum atomic E-state index is 11.7. The van der Waals surface area contributed by atoms with E-state index in [-0.39, 0.29) is 5.75 Å². The average molecular weight is 619 g/mol. The monoisotopic (exact) mass is 618 g/mol. The molecule has 3 rings (SSSR count). The van der Waals surface area contributed by atoms with Gasteiger partial charge in [0.15, 0.2) is 0 Å². The van der Waals surface area contributed by atoms with Crippen molar-refractivity contribution in [2.24, 2.45) is 10.3 Å². The SMILES string of the molecule is NS(=O)(=O)c1cc(C(=O)O)cc([N+](=O)[O-])c1Cl.NS(=O)(=O)c1cc(C(=O)O)cc([N+](=O)[O-])c1Oc1ccccc1. The molecule has 0 saturated carbocycles. The second-order valence-electron chi connectivity index (χ2n) is 7.26. The molecule has 0 unspecified atom stereocenters. The number of nitro groups is 2. The van der Waals surface area contributed by atoms with E-state index in [1.807, 2.05) is 0 Å². The topological polar surface area (TPSA) is 290 Å². The Morgan fingerprint density at radius 3 is 1.60 bits per heavy atom. The van der Waals surface area contributed by atoms with Crippen molar-refractivity contribution >= 4 is 55.0 Å². The van der Waals surface area contributed by atoms with Gasteiger partial charge in [-0.3, -0.25) is 20.2 Å². The molecule has 0 atom stereocenters. The molecule has 0 aromatic heterocycles. The first-order valence-corrected chi connectivity index (χ1v) is 13.4. The van der Waals surface area contributed by atoms with Gasteiger partial charge in [-0.25, -0.2) is 36.7 Å². The molecule has 3 aromatic carbocycles. The summed E-state index contributed by atoms with van der Waals surface area (Å²) >= 11 is 5.47. The molecule has 0 saturated heterocycles. The Labute approximate surface area is 228 Å². The molecule has 0 spiro atoms. The van der Waals surface area contributed by atoms with Gasteiger partial charge in [0.25, 0.3) is 5.69 Å². The summed E-state index contributed by atoms with van der Waals surface area (Å²) in [6.07, 6.45) is 0. The highest BCUT2D eigenvalue weighted by Crippen LogP contribution is 2.38. The van der Waals surface area contributed by atoms with Crippen molar-refractivity contribution in [2.45, 2.75) is 9.79 Å². The van der Waals surface area contributed by atoms with Crippen LogP contribution in [0.4, 0.5) is 11.4 Å². The molecule has 0 aliphatic heterocycles. The predicted molar refractivity (Wildman–Crippen MR) is 134 cm³/mol. The molecule has 0 heterocycles. The number of carboxylic acids is 2. The lowest BCUT2D eigenvalue weighted by molar-refractivity contribution is -0.385. The molecule has 17 nitrogen and oxygen atoms in total. The van der Waals surface area contributed by atoms with E-state index in [2.05, 4.69) is 0 Å². The van der Waals surface area contributed by atoms with E-state index >= 15 is 0 Å². The van der Waals surface area contributed by atoms with Gasteiger partial charge in [-0.1, -0.05) is 29.8 Å². The Balaban J connectivity index is 0.000000294. The number of nitro benzene ring substituents is 2. The van der Waals surface area contributed by atoms with Crippen molar-refractivity contribution in [3.8, 4) is 11.5 Å². The number of primary sulfonamides is 2. The molecule has 0 fully saturated rings. The van der Waals surface area contributed by atoms with E-state index in [0.29, 0.717) is 24.3 Å². The molecular formula is C20H15ClN4O13S2. The van der Waals surface area contributed by atoms with Crippen molar-refractivity contribution in [3.63, 3.8) is 0 Å². The van der Waals surface area contributed by atoms with E-state index < -0.39 is 84.9 Å². The molecule has 0 aliphatic carbocycles. The zero-order chi connectivity index (χ0) is 30.6. The molecule has 212 valence electrons. The van der Waals surface area contributed by atoms with E-state index in [9.17, 15) is 46.7 Å². The Morgan fingerprint density at radius 2 is 1.20 bits per heavy atom. The van der Waals surface area contributed by atoms with Crippen molar-refractivity contribution in [2.75, 3.05) is 0 Å². The number of hydrogen-bond acceptors (Lipinski definition) is 11. The van der Waals surface area contributed by atoms with Crippen LogP contribution in [0.25, 0.3) is 0 Å². The van der Waals surface area contributed by atoms with Crippen molar-refractivity contribution < 1.29 is 51.2 Å². The lowest BCUT2D eigenvalue weighted by atomic mass is 10.2. The van der Waals surface area contributed by atoms with Crippen LogP contribution in [0.5, 0.6) is 11.5 Å². The van der Waals surface area contributed by atoms with Crippen LogP contribution < -0.4 is 15.0 Å². The standard InChI is InChI=1S/C13H10N2O7S.C7H5ClN2O6S/c14-23(20,21)11-7-8(13(16)17)6-10(15(18)19)12(11)22-9-4-2-1-3-5-9;8-6-4(10(13)14)1-3(7(11)12)2-5(6)17(9,15)16/h1-7H,(H,16,17)(H2,14,20,21);1-2H,(H,11,12)(H2,9,15,16). The van der Waals surface area contributed by atoms with E-state index in [0.717, 1.165) is 0 Å². The maximum absolute atomic E-state index is 11.7. The van der Waals surface area contributed by atoms with Crippen LogP contribution in [0.1, 0.15) is 20.7 Å². The van der Waals surface area contributed by atoms with Crippen molar-refractivity contribution in [1.29, 1.82) is 0 Å². The molecule has 3 aromatic rings. The molecule has 0 bridgehead atoms. The van der Waals surface area contributed by atoms with Crippen LogP contribution in [0.2, 0.25) is 5.02 Å². The number of ether oxygens (including phenoxy) is 1. The minimum Gasteiger partial charge on any atom is -0.478 e. The van der Waals surface area contributed by atoms with Gasteiger partial charge in [0.05, 0.1) is 21.0 Å². The van der Waals surface area contributed by atoms with Crippen LogP contribution in [0, 0.1) is 20.2 Å². The van der Waals surface area contributed by atoms with Gasteiger partial charge in [0.2, 0.25) is 25.8 Å². The summed E-state index contributed by atoms with van der Waals surface area (Å²) in [5, 5.41) is 48.4. The third-order valence-electron chi connectivity index (χ3n) is 4.52. The van der Waals surface area contributed by atoms with Gasteiger partial charge in [-0.15, -0.1) is 0 Å². The Kier molecular flexibility index (Phi) is 9.46. The summed E-state index contributed by atoms with van der Waals surface area (Å²) in [5.74, 6) is -3.59. The summed E-state index contributed by atoms with van der Waals surface area (Å²) in [5.41, 5.74) is -2.85. The molecule has 0 radical (unpaired) electrons. The third-order valence-corrected chi connectivity index (χ3v) is 6.88. The van der Waals surface area contributed by atoms with Gasteiger partial charge in [0, 0.05) is 12.1 Å². The highest BCUT2D eigenvalue weighted by atomic mass is 35.5. The Hall–Kier alpha value is -4.69. The van der Waals surface area contributed by atoms with Crippen LogP contribution in [0.3, 0.4) is 0 Å². The minimum atomic E-state index is -4.46. The first-order chi connectivity index (χ1) is 18.3. The maximum Gasteiger partial charge on any atom is 0.335 e. The zero-order valence-corrected chi connectivity index (χ0v) is 21.7. The van der Waals surface area contributed by atoms with Gasteiger partial charge >= 0.3 is 17.6 Å². The molecule has 20 heteroatoms. The third kappa shape index (κ3) is 7.68.